The van der Waals surface area contributed by atoms with E-state index in [4.69, 9.17) is 14.2 Å². The van der Waals surface area contributed by atoms with Gasteiger partial charge in [-0.2, -0.15) is 0 Å². The van der Waals surface area contributed by atoms with Crippen LogP contribution in [0.1, 0.15) is 27.2 Å². The fourth-order valence-corrected chi connectivity index (χ4v) is 3.20. The monoisotopic (exact) mass is 391 g/mol. The summed E-state index contributed by atoms with van der Waals surface area (Å²) < 4.78 is 16.1. The van der Waals surface area contributed by atoms with Crippen molar-refractivity contribution in [1.29, 1.82) is 0 Å². The number of cyclic esters (lactones) is 1. The van der Waals surface area contributed by atoms with Crippen molar-refractivity contribution in [3.63, 3.8) is 0 Å². The smallest absolute Gasteiger partial charge is 0.414 e. The van der Waals surface area contributed by atoms with E-state index in [1.807, 2.05) is 24.3 Å². The zero-order chi connectivity index (χ0) is 20.1. The van der Waals surface area contributed by atoms with Gasteiger partial charge >= 0.3 is 12.2 Å². The van der Waals surface area contributed by atoms with E-state index in [0.717, 1.165) is 44.1 Å². The summed E-state index contributed by atoms with van der Waals surface area (Å²) in [5, 5.41) is 2.65. The number of hydrogen-bond donors (Lipinski definition) is 1. The molecule has 3 rings (SSSR count). The van der Waals surface area contributed by atoms with Gasteiger partial charge in [0.05, 0.1) is 19.7 Å². The molecule has 0 spiro atoms. The summed E-state index contributed by atoms with van der Waals surface area (Å²) in [4.78, 5) is 27.8. The predicted octanol–water partition coefficient (Wildman–Crippen LogP) is 2.76. The molecule has 2 aliphatic heterocycles. The van der Waals surface area contributed by atoms with Gasteiger partial charge in [-0.05, 0) is 51.5 Å². The van der Waals surface area contributed by atoms with E-state index >= 15 is 0 Å². The van der Waals surface area contributed by atoms with Gasteiger partial charge < -0.3 is 24.4 Å². The first-order valence-electron chi connectivity index (χ1n) is 9.69. The maximum Gasteiger partial charge on any atom is 0.414 e. The van der Waals surface area contributed by atoms with E-state index in [1.165, 1.54) is 0 Å². The number of nitrogens with zero attached hydrogens (tertiary/aromatic N) is 2. The van der Waals surface area contributed by atoms with Crippen LogP contribution in [0.5, 0.6) is 0 Å². The van der Waals surface area contributed by atoms with Crippen molar-refractivity contribution >= 4 is 23.6 Å². The normalized spacial score (nSPS) is 20.5. The summed E-state index contributed by atoms with van der Waals surface area (Å²) in [6.45, 7) is 9.34. The Morgan fingerprint density at radius 1 is 1.18 bits per heavy atom. The van der Waals surface area contributed by atoms with Crippen LogP contribution in [0.4, 0.5) is 21.0 Å². The summed E-state index contributed by atoms with van der Waals surface area (Å²) in [7, 11) is 0. The van der Waals surface area contributed by atoms with Gasteiger partial charge in [0.1, 0.15) is 11.7 Å². The second-order valence-corrected chi connectivity index (χ2v) is 7.97. The average molecular weight is 391 g/mol. The summed E-state index contributed by atoms with van der Waals surface area (Å²) in [5.41, 5.74) is 1.33. The molecule has 28 heavy (non-hydrogen) atoms. The molecule has 0 aromatic heterocycles. The molecule has 154 valence electrons. The minimum atomic E-state index is -0.566. The minimum Gasteiger partial charge on any atom is -0.444 e. The Balaban J connectivity index is 1.54. The molecule has 0 radical (unpaired) electrons. The second-order valence-electron chi connectivity index (χ2n) is 7.97. The fraction of sp³-hybridized carbons (Fsp3) is 0.600. The first-order valence-corrected chi connectivity index (χ1v) is 9.69. The number of carbonyl (C=O) groups is 2. The molecular formula is C20H29N3O5. The summed E-state index contributed by atoms with van der Waals surface area (Å²) in [6.07, 6.45) is -0.339. The van der Waals surface area contributed by atoms with Crippen LogP contribution in [-0.4, -0.2) is 63.3 Å². The SMILES string of the molecule is CC(C)(C)OC(=O)NC[C@H]1CN(c2ccc(N3CCCOCC3)cc2)C(=O)O1. The van der Waals surface area contributed by atoms with Gasteiger partial charge in [0, 0.05) is 31.1 Å². The van der Waals surface area contributed by atoms with E-state index in [0.29, 0.717) is 6.54 Å². The lowest BCUT2D eigenvalue weighted by molar-refractivity contribution is 0.0496. The Hall–Kier alpha value is -2.48. The highest BCUT2D eigenvalue weighted by Gasteiger charge is 2.33. The maximum atomic E-state index is 12.2. The molecule has 8 heteroatoms. The van der Waals surface area contributed by atoms with Crippen LogP contribution in [0.3, 0.4) is 0 Å². The van der Waals surface area contributed by atoms with E-state index < -0.39 is 23.9 Å². The molecule has 1 N–H and O–H groups in total. The molecule has 0 bridgehead atoms. The van der Waals surface area contributed by atoms with E-state index in [-0.39, 0.29) is 6.54 Å². The molecule has 2 saturated heterocycles. The first kappa shape index (κ1) is 20.3. The van der Waals surface area contributed by atoms with Crippen molar-refractivity contribution in [2.45, 2.75) is 38.9 Å². The first-order chi connectivity index (χ1) is 13.3. The van der Waals surface area contributed by atoms with Crippen molar-refractivity contribution in [3.8, 4) is 0 Å². The molecule has 1 aromatic rings. The van der Waals surface area contributed by atoms with Crippen molar-refractivity contribution in [3.05, 3.63) is 24.3 Å². The minimum absolute atomic E-state index is 0.211. The predicted molar refractivity (Wildman–Crippen MR) is 106 cm³/mol. The molecule has 1 aromatic carbocycles. The molecule has 2 fully saturated rings. The third-order valence-electron chi connectivity index (χ3n) is 4.50. The van der Waals surface area contributed by atoms with Gasteiger partial charge in [-0.25, -0.2) is 9.59 Å². The molecule has 0 aliphatic carbocycles. The van der Waals surface area contributed by atoms with Crippen LogP contribution >= 0.6 is 0 Å². The van der Waals surface area contributed by atoms with Gasteiger partial charge in [0.15, 0.2) is 0 Å². The number of ether oxygens (including phenoxy) is 3. The molecule has 0 unspecified atom stereocenters. The van der Waals surface area contributed by atoms with Crippen LogP contribution < -0.4 is 15.1 Å². The zero-order valence-electron chi connectivity index (χ0n) is 16.8. The number of rotatable bonds is 4. The highest BCUT2D eigenvalue weighted by atomic mass is 16.6. The number of amides is 2. The zero-order valence-corrected chi connectivity index (χ0v) is 16.8. The lowest BCUT2D eigenvalue weighted by Gasteiger charge is -2.23. The van der Waals surface area contributed by atoms with Crippen molar-refractivity contribution < 1.29 is 23.8 Å². The van der Waals surface area contributed by atoms with E-state index in [2.05, 4.69) is 10.2 Å². The molecule has 2 amide bonds. The van der Waals surface area contributed by atoms with Gasteiger partial charge in [-0.3, -0.25) is 4.90 Å². The third-order valence-corrected chi connectivity index (χ3v) is 4.50. The second kappa shape index (κ2) is 8.68. The van der Waals surface area contributed by atoms with Crippen LogP contribution in [0.25, 0.3) is 0 Å². The number of benzene rings is 1. The van der Waals surface area contributed by atoms with Crippen LogP contribution in [0, 0.1) is 0 Å². The van der Waals surface area contributed by atoms with Crippen molar-refractivity contribution in [2.24, 2.45) is 0 Å². The molecule has 2 aliphatic rings. The summed E-state index contributed by atoms with van der Waals surface area (Å²) in [5.74, 6) is 0. The van der Waals surface area contributed by atoms with Crippen LogP contribution in [0.2, 0.25) is 0 Å². The molecule has 2 heterocycles. The Morgan fingerprint density at radius 3 is 2.61 bits per heavy atom. The molecule has 0 saturated carbocycles. The highest BCUT2D eigenvalue weighted by molar-refractivity contribution is 5.90. The number of anilines is 2. The van der Waals surface area contributed by atoms with E-state index in [1.54, 1.807) is 25.7 Å². The van der Waals surface area contributed by atoms with Gasteiger partial charge in [0.25, 0.3) is 0 Å². The molecule has 8 nitrogen and oxygen atoms in total. The van der Waals surface area contributed by atoms with E-state index in [9.17, 15) is 9.59 Å². The summed E-state index contributed by atoms with van der Waals surface area (Å²) in [6, 6.07) is 7.87. The lowest BCUT2D eigenvalue weighted by atomic mass is 10.2. The van der Waals surface area contributed by atoms with Crippen LogP contribution in [-0.2, 0) is 14.2 Å². The Labute approximate surface area is 165 Å². The Kier molecular flexibility index (Phi) is 6.28. The number of alkyl carbamates (subject to hydrolysis) is 1. The average Bonchev–Trinajstić information content (AvgIpc) is 2.83. The van der Waals surface area contributed by atoms with Crippen LogP contribution in [0.15, 0.2) is 24.3 Å². The third kappa shape index (κ3) is 5.51. The Bertz CT molecular complexity index is 678. The quantitative estimate of drug-likeness (QED) is 0.850. The number of nitrogens with one attached hydrogen (secondary N) is 1. The molecular weight excluding hydrogens is 362 g/mol. The van der Waals surface area contributed by atoms with Gasteiger partial charge in [-0.15, -0.1) is 0 Å². The number of carbonyl (C=O) groups excluding carboxylic acids is 2. The fourth-order valence-electron chi connectivity index (χ4n) is 3.20. The molecule has 1 atom stereocenters. The van der Waals surface area contributed by atoms with Gasteiger partial charge in [-0.1, -0.05) is 0 Å². The lowest BCUT2D eigenvalue weighted by Crippen LogP contribution is -2.38. The summed E-state index contributed by atoms with van der Waals surface area (Å²) >= 11 is 0. The topological polar surface area (TPSA) is 80.3 Å². The van der Waals surface area contributed by atoms with Crippen molar-refractivity contribution in [1.82, 2.24) is 5.32 Å². The standard InChI is InChI=1S/C20H29N3O5/c1-20(2,3)28-18(24)21-13-17-14-23(19(25)27-17)16-7-5-15(6-8-16)22-9-4-11-26-12-10-22/h5-8,17H,4,9-14H2,1-3H3,(H,21,24)/t17-/m0/s1. The maximum absolute atomic E-state index is 12.2. The Morgan fingerprint density at radius 2 is 1.89 bits per heavy atom. The van der Waals surface area contributed by atoms with Crippen molar-refractivity contribution in [2.75, 3.05) is 49.2 Å². The highest BCUT2D eigenvalue weighted by Crippen LogP contribution is 2.25. The van der Waals surface area contributed by atoms with Gasteiger partial charge in [0.2, 0.25) is 0 Å². The number of hydrogen-bond acceptors (Lipinski definition) is 6. The largest absolute Gasteiger partial charge is 0.444 e.